The van der Waals surface area contributed by atoms with E-state index in [2.05, 4.69) is 60.2 Å². The van der Waals surface area contributed by atoms with E-state index in [0.717, 1.165) is 6.42 Å². The van der Waals surface area contributed by atoms with Crippen LogP contribution in [-0.2, 0) is 6.42 Å². The Hall–Kier alpha value is -1.57. The van der Waals surface area contributed by atoms with Crippen LogP contribution in [-0.4, -0.2) is 9.78 Å². The summed E-state index contributed by atoms with van der Waals surface area (Å²) in [5, 5.41) is 4.68. The van der Waals surface area contributed by atoms with Gasteiger partial charge in [-0.15, -0.1) is 0 Å². The Kier molecular flexibility index (Phi) is 2.50. The summed E-state index contributed by atoms with van der Waals surface area (Å²) >= 11 is 0. The lowest BCUT2D eigenvalue weighted by Crippen LogP contribution is -2.03. The quantitative estimate of drug-likeness (QED) is 0.765. The smallest absolute Gasteiger partial charge is 0.0663 e. The molecular formula is C15H18N2. The monoisotopic (exact) mass is 226 g/mol. The molecule has 1 heterocycles. The largest absolute Gasteiger partial charge is 0.270 e. The van der Waals surface area contributed by atoms with Gasteiger partial charge >= 0.3 is 0 Å². The van der Waals surface area contributed by atoms with Gasteiger partial charge in [-0.05, 0) is 32.3 Å². The molecule has 1 aliphatic carbocycles. The van der Waals surface area contributed by atoms with Crippen LogP contribution in [0.2, 0.25) is 0 Å². The van der Waals surface area contributed by atoms with Crippen molar-refractivity contribution in [1.29, 1.82) is 0 Å². The third kappa shape index (κ3) is 1.78. The van der Waals surface area contributed by atoms with Gasteiger partial charge in [0.25, 0.3) is 0 Å². The fourth-order valence-electron chi connectivity index (χ4n) is 2.66. The van der Waals surface area contributed by atoms with E-state index >= 15 is 0 Å². The molecule has 1 aromatic heterocycles. The molecule has 1 unspecified atom stereocenters. The van der Waals surface area contributed by atoms with E-state index in [9.17, 15) is 0 Å². The van der Waals surface area contributed by atoms with Crippen molar-refractivity contribution in [2.75, 3.05) is 0 Å². The van der Waals surface area contributed by atoms with Crippen LogP contribution in [0.3, 0.4) is 0 Å². The van der Waals surface area contributed by atoms with Gasteiger partial charge in [-0.3, -0.25) is 4.68 Å². The van der Waals surface area contributed by atoms with Crippen molar-refractivity contribution in [3.05, 3.63) is 53.3 Å². The average Bonchev–Trinajstić information content (AvgIpc) is 2.89. The van der Waals surface area contributed by atoms with Crippen LogP contribution in [0.4, 0.5) is 0 Å². The third-order valence-electron chi connectivity index (χ3n) is 3.62. The van der Waals surface area contributed by atoms with Gasteiger partial charge in [0.05, 0.1) is 5.69 Å². The molecule has 0 N–H and O–H groups in total. The Bertz CT molecular complexity index is 511. The molecule has 0 spiro atoms. The van der Waals surface area contributed by atoms with Gasteiger partial charge in [0.15, 0.2) is 0 Å². The second-order valence-electron chi connectivity index (χ2n) is 5.11. The lowest BCUT2D eigenvalue weighted by molar-refractivity contribution is 0.522. The van der Waals surface area contributed by atoms with E-state index in [0.29, 0.717) is 12.0 Å². The van der Waals surface area contributed by atoms with Crippen LogP contribution in [0.15, 0.2) is 36.5 Å². The van der Waals surface area contributed by atoms with E-state index < -0.39 is 0 Å². The fraction of sp³-hybridized carbons (Fsp3) is 0.400. The molecule has 17 heavy (non-hydrogen) atoms. The highest BCUT2D eigenvalue weighted by molar-refractivity contribution is 5.37. The number of hydrogen-bond donors (Lipinski definition) is 0. The van der Waals surface area contributed by atoms with Crippen molar-refractivity contribution in [3.63, 3.8) is 0 Å². The lowest BCUT2D eigenvalue weighted by Gasteiger charge is -2.10. The van der Waals surface area contributed by atoms with E-state index in [-0.39, 0.29) is 0 Å². The number of aryl methyl sites for hydroxylation is 1. The maximum absolute atomic E-state index is 4.68. The highest BCUT2D eigenvalue weighted by Crippen LogP contribution is 2.37. The minimum absolute atomic E-state index is 0.456. The van der Waals surface area contributed by atoms with Gasteiger partial charge in [0.2, 0.25) is 0 Å². The summed E-state index contributed by atoms with van der Waals surface area (Å²) in [6, 6.07) is 11.2. The molecule has 0 amide bonds. The van der Waals surface area contributed by atoms with Crippen LogP contribution in [0.1, 0.15) is 49.0 Å². The molecule has 2 aromatic rings. The number of benzene rings is 1. The number of rotatable bonds is 2. The fourth-order valence-corrected chi connectivity index (χ4v) is 2.66. The van der Waals surface area contributed by atoms with Crippen molar-refractivity contribution < 1.29 is 0 Å². The summed E-state index contributed by atoms with van der Waals surface area (Å²) in [7, 11) is 0. The van der Waals surface area contributed by atoms with E-state index in [1.807, 2.05) is 0 Å². The van der Waals surface area contributed by atoms with Crippen molar-refractivity contribution in [2.24, 2.45) is 0 Å². The van der Waals surface area contributed by atoms with Crippen molar-refractivity contribution in [2.45, 2.75) is 38.6 Å². The molecule has 0 radical (unpaired) electrons. The molecule has 0 saturated carbocycles. The SMILES string of the molecule is CC(C)n1cc2c(n1)CCC2c1ccccc1. The first-order chi connectivity index (χ1) is 8.25. The summed E-state index contributed by atoms with van der Waals surface area (Å²) in [6.45, 7) is 4.36. The molecule has 0 aliphatic heterocycles. The molecule has 0 bridgehead atoms. The van der Waals surface area contributed by atoms with Crippen LogP contribution in [0.25, 0.3) is 0 Å². The van der Waals surface area contributed by atoms with E-state index in [4.69, 9.17) is 0 Å². The molecule has 2 heteroatoms. The molecular weight excluding hydrogens is 208 g/mol. The Morgan fingerprint density at radius 2 is 2.00 bits per heavy atom. The minimum Gasteiger partial charge on any atom is -0.270 e. The Morgan fingerprint density at radius 3 is 2.71 bits per heavy atom. The first-order valence-corrected chi connectivity index (χ1v) is 6.38. The normalized spacial score (nSPS) is 18.6. The number of aromatic nitrogens is 2. The van der Waals surface area contributed by atoms with Gasteiger partial charge in [-0.2, -0.15) is 5.10 Å². The van der Waals surface area contributed by atoms with Crippen LogP contribution in [0, 0.1) is 0 Å². The maximum Gasteiger partial charge on any atom is 0.0663 e. The molecule has 1 aromatic carbocycles. The predicted molar refractivity (Wildman–Crippen MR) is 69.2 cm³/mol. The molecule has 1 atom stereocenters. The Morgan fingerprint density at radius 1 is 1.24 bits per heavy atom. The zero-order chi connectivity index (χ0) is 11.8. The van der Waals surface area contributed by atoms with Gasteiger partial charge in [-0.25, -0.2) is 0 Å². The van der Waals surface area contributed by atoms with E-state index in [1.165, 1.54) is 23.2 Å². The topological polar surface area (TPSA) is 17.8 Å². The second kappa shape index (κ2) is 4.02. The number of hydrogen-bond acceptors (Lipinski definition) is 1. The van der Waals surface area contributed by atoms with Crippen molar-refractivity contribution >= 4 is 0 Å². The first kappa shape index (κ1) is 10.6. The molecule has 3 rings (SSSR count). The average molecular weight is 226 g/mol. The molecule has 2 nitrogen and oxygen atoms in total. The standard InChI is InChI=1S/C15H18N2/c1-11(2)17-10-14-13(8-9-15(14)16-17)12-6-4-3-5-7-12/h3-7,10-11,13H,8-9H2,1-2H3. The van der Waals surface area contributed by atoms with Gasteiger partial charge in [-0.1, -0.05) is 30.3 Å². The summed E-state index contributed by atoms with van der Waals surface area (Å²) in [5.74, 6) is 0.554. The highest BCUT2D eigenvalue weighted by Gasteiger charge is 2.27. The highest BCUT2D eigenvalue weighted by atomic mass is 15.3. The predicted octanol–water partition coefficient (Wildman–Crippen LogP) is 3.54. The zero-order valence-corrected chi connectivity index (χ0v) is 10.4. The Labute approximate surface area is 102 Å². The molecule has 1 aliphatic rings. The molecule has 0 fully saturated rings. The van der Waals surface area contributed by atoms with Crippen molar-refractivity contribution in [3.8, 4) is 0 Å². The number of fused-ring (bicyclic) bond motifs is 1. The first-order valence-electron chi connectivity index (χ1n) is 6.38. The molecule has 0 saturated heterocycles. The second-order valence-corrected chi connectivity index (χ2v) is 5.11. The van der Waals surface area contributed by atoms with Crippen LogP contribution < -0.4 is 0 Å². The van der Waals surface area contributed by atoms with Crippen LogP contribution in [0.5, 0.6) is 0 Å². The van der Waals surface area contributed by atoms with E-state index in [1.54, 1.807) is 0 Å². The van der Waals surface area contributed by atoms with Gasteiger partial charge in [0, 0.05) is 23.7 Å². The zero-order valence-electron chi connectivity index (χ0n) is 10.4. The maximum atomic E-state index is 4.68. The lowest BCUT2D eigenvalue weighted by atomic mass is 9.95. The summed E-state index contributed by atoms with van der Waals surface area (Å²) < 4.78 is 2.10. The molecule has 88 valence electrons. The third-order valence-corrected chi connectivity index (χ3v) is 3.62. The number of nitrogens with zero attached hydrogens (tertiary/aromatic N) is 2. The Balaban J connectivity index is 1.98. The minimum atomic E-state index is 0.456. The summed E-state index contributed by atoms with van der Waals surface area (Å²) in [6.07, 6.45) is 4.57. The van der Waals surface area contributed by atoms with Gasteiger partial charge in [0.1, 0.15) is 0 Å². The summed E-state index contributed by atoms with van der Waals surface area (Å²) in [4.78, 5) is 0. The van der Waals surface area contributed by atoms with Crippen molar-refractivity contribution in [1.82, 2.24) is 9.78 Å². The van der Waals surface area contributed by atoms with Crippen LogP contribution >= 0.6 is 0 Å². The van der Waals surface area contributed by atoms with Gasteiger partial charge < -0.3 is 0 Å². The summed E-state index contributed by atoms with van der Waals surface area (Å²) in [5.41, 5.74) is 4.16.